The number of para-hydroxylation sites is 1. The Morgan fingerprint density at radius 2 is 2.32 bits per heavy atom. The summed E-state index contributed by atoms with van der Waals surface area (Å²) in [6.07, 6.45) is 2.49. The van der Waals surface area contributed by atoms with Crippen LogP contribution < -0.4 is 10.6 Å². The molecule has 1 aliphatic rings. The molecule has 1 aromatic carbocycles. The van der Waals surface area contributed by atoms with Gasteiger partial charge in [-0.2, -0.15) is 4.98 Å². The predicted molar refractivity (Wildman–Crippen MR) is 74.0 cm³/mol. The van der Waals surface area contributed by atoms with Crippen LogP contribution in [0.2, 0.25) is 0 Å². The van der Waals surface area contributed by atoms with Crippen molar-refractivity contribution in [3.63, 3.8) is 0 Å². The molecule has 1 fully saturated rings. The predicted octanol–water partition coefficient (Wildman–Crippen LogP) is 2.21. The summed E-state index contributed by atoms with van der Waals surface area (Å²) in [5.74, 6) is 1.22. The molecule has 0 aliphatic carbocycles. The number of hydrogen-bond acceptors (Lipinski definition) is 5. The molecule has 1 aromatic heterocycles. The summed E-state index contributed by atoms with van der Waals surface area (Å²) in [6.45, 7) is 3.87. The molecule has 5 heteroatoms. The fraction of sp³-hybridized carbons (Fsp3) is 0.429. The fourth-order valence-corrected chi connectivity index (χ4v) is 2.39. The lowest BCUT2D eigenvalue weighted by atomic mass is 10.1. The number of anilines is 1. The maximum Gasteiger partial charge on any atom is 0.260 e. The third-order valence-corrected chi connectivity index (χ3v) is 3.39. The topological polar surface area (TPSA) is 63.0 Å². The highest BCUT2D eigenvalue weighted by Crippen LogP contribution is 2.26. The number of rotatable bonds is 4. The van der Waals surface area contributed by atoms with Crippen molar-refractivity contribution in [3.8, 4) is 11.5 Å². The van der Waals surface area contributed by atoms with Crippen molar-refractivity contribution in [3.05, 3.63) is 30.1 Å². The lowest BCUT2D eigenvalue weighted by Gasteiger charge is -2.14. The molecule has 2 N–H and O–H groups in total. The summed E-state index contributed by atoms with van der Waals surface area (Å²) >= 11 is 0. The van der Waals surface area contributed by atoms with Crippen molar-refractivity contribution >= 4 is 5.69 Å². The van der Waals surface area contributed by atoms with Crippen LogP contribution in [0, 0.1) is 6.92 Å². The monoisotopic (exact) mass is 258 g/mol. The molecule has 1 aliphatic heterocycles. The normalized spacial score (nSPS) is 18.7. The number of hydrogen-bond donors (Lipinski definition) is 2. The molecule has 0 radical (unpaired) electrons. The summed E-state index contributed by atoms with van der Waals surface area (Å²) in [4.78, 5) is 4.29. The molecule has 0 amide bonds. The summed E-state index contributed by atoms with van der Waals surface area (Å²) < 4.78 is 5.25. The first-order chi connectivity index (χ1) is 9.33. The Balaban J connectivity index is 1.77. The zero-order valence-electron chi connectivity index (χ0n) is 11.0. The summed E-state index contributed by atoms with van der Waals surface area (Å²) in [7, 11) is 0. The van der Waals surface area contributed by atoms with E-state index in [9.17, 15) is 0 Å². The van der Waals surface area contributed by atoms with Crippen molar-refractivity contribution in [1.82, 2.24) is 15.5 Å². The standard InChI is InChI=1S/C14H18N4O/c1-10-17-14(19-18-10)12-6-2-3-7-13(12)16-9-11-5-4-8-15-11/h2-3,6-7,11,15-16H,4-5,8-9H2,1H3. The summed E-state index contributed by atoms with van der Waals surface area (Å²) in [5, 5.41) is 10.8. The van der Waals surface area contributed by atoms with Gasteiger partial charge in [0.2, 0.25) is 0 Å². The highest BCUT2D eigenvalue weighted by Gasteiger charge is 2.15. The molecular weight excluding hydrogens is 240 g/mol. The maximum atomic E-state index is 5.25. The van der Waals surface area contributed by atoms with Crippen molar-refractivity contribution < 1.29 is 4.52 Å². The van der Waals surface area contributed by atoms with Gasteiger partial charge in [0.15, 0.2) is 5.82 Å². The molecular formula is C14H18N4O. The van der Waals surface area contributed by atoms with E-state index in [-0.39, 0.29) is 0 Å². The molecule has 100 valence electrons. The van der Waals surface area contributed by atoms with E-state index in [1.807, 2.05) is 31.2 Å². The molecule has 2 aromatic rings. The highest BCUT2D eigenvalue weighted by atomic mass is 16.5. The zero-order chi connectivity index (χ0) is 13.1. The number of aryl methyl sites for hydroxylation is 1. The van der Waals surface area contributed by atoms with Gasteiger partial charge in [0.1, 0.15) is 0 Å². The van der Waals surface area contributed by atoms with Gasteiger partial charge in [0.25, 0.3) is 5.89 Å². The largest absolute Gasteiger partial charge is 0.383 e. The van der Waals surface area contributed by atoms with Crippen LogP contribution in [0.4, 0.5) is 5.69 Å². The molecule has 5 nitrogen and oxygen atoms in total. The van der Waals surface area contributed by atoms with Crippen LogP contribution in [0.1, 0.15) is 18.7 Å². The average Bonchev–Trinajstić information content (AvgIpc) is 3.08. The molecule has 0 saturated carbocycles. The molecule has 1 unspecified atom stereocenters. The lowest BCUT2D eigenvalue weighted by Crippen LogP contribution is -2.29. The van der Waals surface area contributed by atoms with Gasteiger partial charge in [-0.1, -0.05) is 17.3 Å². The molecule has 2 heterocycles. The molecule has 19 heavy (non-hydrogen) atoms. The minimum Gasteiger partial charge on any atom is -0.383 e. The van der Waals surface area contributed by atoms with E-state index in [1.54, 1.807) is 0 Å². The van der Waals surface area contributed by atoms with Crippen LogP contribution in [-0.2, 0) is 0 Å². The van der Waals surface area contributed by atoms with E-state index in [1.165, 1.54) is 12.8 Å². The van der Waals surface area contributed by atoms with Crippen molar-refractivity contribution in [2.45, 2.75) is 25.8 Å². The third-order valence-electron chi connectivity index (χ3n) is 3.39. The molecule has 0 spiro atoms. The van der Waals surface area contributed by atoms with Gasteiger partial charge in [0.05, 0.1) is 5.56 Å². The second kappa shape index (κ2) is 5.40. The van der Waals surface area contributed by atoms with Gasteiger partial charge < -0.3 is 15.2 Å². The quantitative estimate of drug-likeness (QED) is 0.880. The van der Waals surface area contributed by atoms with E-state index >= 15 is 0 Å². The van der Waals surface area contributed by atoms with Gasteiger partial charge >= 0.3 is 0 Å². The SMILES string of the molecule is Cc1noc(-c2ccccc2NCC2CCCN2)n1. The van der Waals surface area contributed by atoms with Gasteiger partial charge in [-0.3, -0.25) is 0 Å². The van der Waals surface area contributed by atoms with Gasteiger partial charge in [-0.25, -0.2) is 0 Å². The molecule has 1 saturated heterocycles. The first-order valence-corrected chi connectivity index (χ1v) is 6.70. The number of nitrogens with one attached hydrogen (secondary N) is 2. The molecule has 3 rings (SSSR count). The smallest absolute Gasteiger partial charge is 0.260 e. The second-order valence-electron chi connectivity index (χ2n) is 4.87. The maximum absolute atomic E-state index is 5.25. The van der Waals surface area contributed by atoms with Crippen LogP contribution in [0.3, 0.4) is 0 Å². The third kappa shape index (κ3) is 2.76. The minimum atomic E-state index is 0.553. The number of benzene rings is 1. The Kier molecular flexibility index (Phi) is 3.46. The minimum absolute atomic E-state index is 0.553. The van der Waals surface area contributed by atoms with Gasteiger partial charge in [0, 0.05) is 18.3 Å². The Labute approximate surface area is 112 Å². The second-order valence-corrected chi connectivity index (χ2v) is 4.87. The average molecular weight is 258 g/mol. The Morgan fingerprint density at radius 3 is 3.05 bits per heavy atom. The van der Waals surface area contributed by atoms with E-state index in [0.29, 0.717) is 17.8 Å². The van der Waals surface area contributed by atoms with E-state index in [2.05, 4.69) is 20.8 Å². The zero-order valence-corrected chi connectivity index (χ0v) is 11.0. The van der Waals surface area contributed by atoms with Crippen LogP contribution >= 0.6 is 0 Å². The highest BCUT2D eigenvalue weighted by molar-refractivity contribution is 5.72. The Bertz CT molecular complexity index is 546. The van der Waals surface area contributed by atoms with Crippen LogP contribution in [0.5, 0.6) is 0 Å². The van der Waals surface area contributed by atoms with Crippen molar-refractivity contribution in [2.75, 3.05) is 18.4 Å². The Hall–Kier alpha value is -1.88. The van der Waals surface area contributed by atoms with E-state index in [0.717, 1.165) is 24.3 Å². The first kappa shape index (κ1) is 12.2. The Morgan fingerprint density at radius 1 is 1.42 bits per heavy atom. The van der Waals surface area contributed by atoms with E-state index < -0.39 is 0 Å². The first-order valence-electron chi connectivity index (χ1n) is 6.70. The van der Waals surface area contributed by atoms with Gasteiger partial charge in [-0.05, 0) is 38.4 Å². The van der Waals surface area contributed by atoms with Crippen molar-refractivity contribution in [1.29, 1.82) is 0 Å². The van der Waals surface area contributed by atoms with E-state index in [4.69, 9.17) is 4.52 Å². The molecule has 1 atom stereocenters. The lowest BCUT2D eigenvalue weighted by molar-refractivity contribution is 0.425. The number of nitrogens with zero attached hydrogens (tertiary/aromatic N) is 2. The number of aromatic nitrogens is 2. The summed E-state index contributed by atoms with van der Waals surface area (Å²) in [6, 6.07) is 8.59. The summed E-state index contributed by atoms with van der Waals surface area (Å²) in [5.41, 5.74) is 2.00. The van der Waals surface area contributed by atoms with Gasteiger partial charge in [-0.15, -0.1) is 0 Å². The molecule has 0 bridgehead atoms. The fourth-order valence-electron chi connectivity index (χ4n) is 2.39. The van der Waals surface area contributed by atoms with Crippen LogP contribution in [-0.4, -0.2) is 29.3 Å². The van der Waals surface area contributed by atoms with Crippen LogP contribution in [0.15, 0.2) is 28.8 Å². The van der Waals surface area contributed by atoms with Crippen molar-refractivity contribution in [2.24, 2.45) is 0 Å². The van der Waals surface area contributed by atoms with Crippen LogP contribution in [0.25, 0.3) is 11.5 Å².